The van der Waals surface area contributed by atoms with E-state index in [1.54, 1.807) is 6.26 Å². The van der Waals surface area contributed by atoms with Gasteiger partial charge in [-0.1, -0.05) is 19.3 Å². The predicted octanol–water partition coefficient (Wildman–Crippen LogP) is 3.39. The molecule has 1 saturated heterocycles. The minimum absolute atomic E-state index is 0. The molecular formula is C21H34IN7O. The highest BCUT2D eigenvalue weighted by molar-refractivity contribution is 14.0. The Bertz CT molecular complexity index is 762. The predicted molar refractivity (Wildman–Crippen MR) is 129 cm³/mol. The van der Waals surface area contributed by atoms with Crippen molar-refractivity contribution in [2.24, 2.45) is 10.9 Å². The number of rotatable bonds is 6. The molecule has 3 heterocycles. The zero-order valence-electron chi connectivity index (χ0n) is 17.8. The molecule has 2 fully saturated rings. The van der Waals surface area contributed by atoms with Crippen molar-refractivity contribution in [2.75, 3.05) is 26.7 Å². The van der Waals surface area contributed by atoms with Gasteiger partial charge in [0.25, 0.3) is 0 Å². The SMILES string of the molecule is CN=C(NCc1nc(-c2ccco2)n[nH]1)NC1CCN(CC2CCCCC2)CC1.I. The summed E-state index contributed by atoms with van der Waals surface area (Å²) in [5.41, 5.74) is 0. The number of aromatic amines is 1. The third kappa shape index (κ3) is 6.44. The van der Waals surface area contributed by atoms with Gasteiger partial charge >= 0.3 is 0 Å². The van der Waals surface area contributed by atoms with Crippen LogP contribution in [0.3, 0.4) is 0 Å². The van der Waals surface area contributed by atoms with Gasteiger partial charge in [-0.2, -0.15) is 0 Å². The van der Waals surface area contributed by atoms with Gasteiger partial charge in [-0.05, 0) is 43.7 Å². The minimum atomic E-state index is 0. The van der Waals surface area contributed by atoms with E-state index in [0.717, 1.165) is 17.7 Å². The third-order valence-electron chi connectivity index (χ3n) is 6.09. The topological polar surface area (TPSA) is 94.4 Å². The first-order chi connectivity index (χ1) is 14.3. The van der Waals surface area contributed by atoms with Crippen LogP contribution in [-0.2, 0) is 6.54 Å². The van der Waals surface area contributed by atoms with Crippen molar-refractivity contribution in [1.82, 2.24) is 30.7 Å². The molecule has 4 rings (SSSR count). The number of nitrogens with zero attached hydrogens (tertiary/aromatic N) is 4. The number of hydrogen-bond acceptors (Lipinski definition) is 5. The van der Waals surface area contributed by atoms with Crippen molar-refractivity contribution in [3.63, 3.8) is 0 Å². The second-order valence-corrected chi connectivity index (χ2v) is 8.23. The maximum absolute atomic E-state index is 5.33. The Morgan fingerprint density at radius 3 is 2.73 bits per heavy atom. The standard InChI is InChI=1S/C21H33N7O.HI/c1-22-21(23-14-19-25-20(27-26-19)18-8-5-13-29-18)24-17-9-11-28(12-10-17)15-16-6-3-2-4-7-16;/h5,8,13,16-17H,2-4,6-7,9-12,14-15H2,1H3,(H2,22,23,24)(H,25,26,27);1H. The zero-order valence-corrected chi connectivity index (χ0v) is 20.1. The highest BCUT2D eigenvalue weighted by atomic mass is 127. The van der Waals surface area contributed by atoms with Crippen LogP contribution in [0.4, 0.5) is 0 Å². The fourth-order valence-corrected chi connectivity index (χ4v) is 4.44. The fourth-order valence-electron chi connectivity index (χ4n) is 4.44. The van der Waals surface area contributed by atoms with E-state index in [4.69, 9.17) is 4.42 Å². The maximum atomic E-state index is 5.33. The molecule has 166 valence electrons. The van der Waals surface area contributed by atoms with Crippen molar-refractivity contribution >= 4 is 29.9 Å². The van der Waals surface area contributed by atoms with Crippen LogP contribution in [0.1, 0.15) is 50.8 Å². The minimum Gasteiger partial charge on any atom is -0.461 e. The van der Waals surface area contributed by atoms with Crippen LogP contribution in [0, 0.1) is 5.92 Å². The number of piperidine rings is 1. The Morgan fingerprint density at radius 1 is 1.23 bits per heavy atom. The van der Waals surface area contributed by atoms with E-state index < -0.39 is 0 Å². The number of H-pyrrole nitrogens is 1. The van der Waals surface area contributed by atoms with Gasteiger partial charge in [-0.15, -0.1) is 29.1 Å². The monoisotopic (exact) mass is 527 g/mol. The second-order valence-electron chi connectivity index (χ2n) is 8.23. The van der Waals surface area contributed by atoms with Crippen molar-refractivity contribution < 1.29 is 4.42 Å². The van der Waals surface area contributed by atoms with Crippen LogP contribution in [0.15, 0.2) is 27.8 Å². The van der Waals surface area contributed by atoms with Crippen molar-refractivity contribution in [2.45, 2.75) is 57.5 Å². The van der Waals surface area contributed by atoms with Crippen LogP contribution in [0.2, 0.25) is 0 Å². The number of likely N-dealkylation sites (tertiary alicyclic amines) is 1. The number of aliphatic imine (C=N–C) groups is 1. The molecule has 0 aromatic carbocycles. The first-order valence-electron chi connectivity index (χ1n) is 10.9. The summed E-state index contributed by atoms with van der Waals surface area (Å²) >= 11 is 0. The number of guanidine groups is 1. The molecule has 1 saturated carbocycles. The molecule has 0 atom stereocenters. The molecule has 9 heteroatoms. The van der Waals surface area contributed by atoms with E-state index in [-0.39, 0.29) is 24.0 Å². The molecule has 3 N–H and O–H groups in total. The molecule has 2 aromatic heterocycles. The molecule has 8 nitrogen and oxygen atoms in total. The lowest BCUT2D eigenvalue weighted by atomic mass is 9.88. The summed E-state index contributed by atoms with van der Waals surface area (Å²) in [5.74, 6) is 3.72. The average molecular weight is 527 g/mol. The molecule has 30 heavy (non-hydrogen) atoms. The summed E-state index contributed by atoms with van der Waals surface area (Å²) < 4.78 is 5.33. The molecule has 0 bridgehead atoms. The first-order valence-corrected chi connectivity index (χ1v) is 10.9. The van der Waals surface area contributed by atoms with Gasteiger partial charge < -0.3 is 20.0 Å². The molecule has 1 aliphatic carbocycles. The van der Waals surface area contributed by atoms with Gasteiger partial charge in [0.15, 0.2) is 11.7 Å². The average Bonchev–Trinajstić information content (AvgIpc) is 3.45. The Labute approximate surface area is 195 Å². The quantitative estimate of drug-likeness (QED) is 0.303. The van der Waals surface area contributed by atoms with Gasteiger partial charge in [-0.25, -0.2) is 4.98 Å². The van der Waals surface area contributed by atoms with Gasteiger partial charge in [0, 0.05) is 32.7 Å². The summed E-state index contributed by atoms with van der Waals surface area (Å²) in [4.78, 5) is 11.5. The van der Waals surface area contributed by atoms with Crippen LogP contribution in [0.25, 0.3) is 11.6 Å². The largest absolute Gasteiger partial charge is 0.461 e. The van der Waals surface area contributed by atoms with Crippen LogP contribution in [-0.4, -0.2) is 58.8 Å². The van der Waals surface area contributed by atoms with Crippen LogP contribution >= 0.6 is 24.0 Å². The van der Waals surface area contributed by atoms with Gasteiger partial charge in [0.1, 0.15) is 5.82 Å². The molecular weight excluding hydrogens is 493 g/mol. The Balaban J connectivity index is 0.00000256. The summed E-state index contributed by atoms with van der Waals surface area (Å²) in [6.07, 6.45) is 11.1. The lowest BCUT2D eigenvalue weighted by Crippen LogP contribution is -2.49. The highest BCUT2D eigenvalue weighted by Crippen LogP contribution is 2.25. The Kier molecular flexibility index (Phi) is 8.98. The molecule has 1 aliphatic heterocycles. The smallest absolute Gasteiger partial charge is 0.216 e. The molecule has 0 amide bonds. The third-order valence-corrected chi connectivity index (χ3v) is 6.09. The van der Waals surface area contributed by atoms with E-state index >= 15 is 0 Å². The zero-order chi connectivity index (χ0) is 19.9. The number of aromatic nitrogens is 3. The van der Waals surface area contributed by atoms with Crippen molar-refractivity contribution in [3.05, 3.63) is 24.2 Å². The van der Waals surface area contributed by atoms with E-state index in [2.05, 4.69) is 35.7 Å². The molecule has 0 unspecified atom stereocenters. The summed E-state index contributed by atoms with van der Waals surface area (Å²) in [7, 11) is 1.81. The van der Waals surface area contributed by atoms with E-state index in [1.807, 2.05) is 19.2 Å². The van der Waals surface area contributed by atoms with E-state index in [0.29, 0.717) is 24.2 Å². The summed E-state index contributed by atoms with van der Waals surface area (Å²) in [6, 6.07) is 4.15. The van der Waals surface area contributed by atoms with Gasteiger partial charge in [0.05, 0.1) is 12.8 Å². The number of halogens is 1. The van der Waals surface area contributed by atoms with Crippen LogP contribution < -0.4 is 10.6 Å². The van der Waals surface area contributed by atoms with Crippen molar-refractivity contribution in [1.29, 1.82) is 0 Å². The molecule has 2 aliphatic rings. The number of nitrogens with one attached hydrogen (secondary N) is 3. The normalized spacial score (nSPS) is 19.4. The lowest BCUT2D eigenvalue weighted by Gasteiger charge is -2.36. The van der Waals surface area contributed by atoms with E-state index in [9.17, 15) is 0 Å². The fraction of sp³-hybridized carbons (Fsp3) is 0.667. The molecule has 0 spiro atoms. The van der Waals surface area contributed by atoms with Crippen LogP contribution in [0.5, 0.6) is 0 Å². The van der Waals surface area contributed by atoms with Gasteiger partial charge in [-0.3, -0.25) is 10.1 Å². The highest BCUT2D eigenvalue weighted by Gasteiger charge is 2.23. The number of hydrogen-bond donors (Lipinski definition) is 3. The summed E-state index contributed by atoms with van der Waals surface area (Å²) in [6.45, 7) is 4.19. The Hall–Kier alpha value is -1.62. The molecule has 2 aromatic rings. The van der Waals surface area contributed by atoms with Gasteiger partial charge in [0.2, 0.25) is 5.82 Å². The first kappa shape index (κ1) is 23.1. The Morgan fingerprint density at radius 2 is 2.03 bits per heavy atom. The second kappa shape index (κ2) is 11.7. The lowest BCUT2D eigenvalue weighted by molar-refractivity contribution is 0.160. The molecule has 0 radical (unpaired) electrons. The number of furan rings is 1. The summed E-state index contributed by atoms with van der Waals surface area (Å²) in [5, 5.41) is 14.0. The van der Waals surface area contributed by atoms with Crippen molar-refractivity contribution in [3.8, 4) is 11.6 Å². The van der Waals surface area contributed by atoms with E-state index in [1.165, 1.54) is 64.6 Å². The maximum Gasteiger partial charge on any atom is 0.216 e.